The van der Waals surface area contributed by atoms with Crippen molar-refractivity contribution in [3.8, 4) is 0 Å². The Balaban J connectivity index is 1.79. The quantitative estimate of drug-likeness (QED) is 0.774. The fraction of sp³-hybridized carbons (Fsp3) is 0.300. The van der Waals surface area contributed by atoms with Gasteiger partial charge in [-0.25, -0.2) is 0 Å². The monoisotopic (exact) mass is 337 g/mol. The standard InChI is InChI=1S/C20H23N3O2/c1-13-8-9-15-14(2)19(25-18(15)11-13)20(24)22-12-17(23(3)4)16-7-5-6-10-21-16/h5-11,17H,12H2,1-4H3,(H,22,24)/t17-/m0/s1. The number of hydrogen-bond donors (Lipinski definition) is 1. The molecule has 2 aromatic heterocycles. The maximum Gasteiger partial charge on any atom is 0.287 e. The third kappa shape index (κ3) is 3.56. The second kappa shape index (κ2) is 7.07. The third-order valence-corrected chi connectivity index (χ3v) is 4.41. The fourth-order valence-electron chi connectivity index (χ4n) is 2.94. The number of carbonyl (C=O) groups is 1. The molecule has 1 atom stereocenters. The van der Waals surface area contributed by atoms with Crippen molar-refractivity contribution in [2.75, 3.05) is 20.6 Å². The first kappa shape index (κ1) is 17.2. The summed E-state index contributed by atoms with van der Waals surface area (Å²) in [6.07, 6.45) is 1.76. The van der Waals surface area contributed by atoms with Gasteiger partial charge < -0.3 is 9.73 Å². The number of carbonyl (C=O) groups excluding carboxylic acids is 1. The third-order valence-electron chi connectivity index (χ3n) is 4.41. The Labute approximate surface area is 147 Å². The lowest BCUT2D eigenvalue weighted by Gasteiger charge is -2.23. The number of fused-ring (bicyclic) bond motifs is 1. The highest BCUT2D eigenvalue weighted by molar-refractivity contribution is 5.99. The molecule has 0 bridgehead atoms. The zero-order valence-electron chi connectivity index (χ0n) is 15.0. The largest absolute Gasteiger partial charge is 0.451 e. The number of benzene rings is 1. The van der Waals surface area contributed by atoms with Gasteiger partial charge in [0.25, 0.3) is 5.91 Å². The van der Waals surface area contributed by atoms with E-state index in [0.29, 0.717) is 12.3 Å². The van der Waals surface area contributed by atoms with Crippen LogP contribution in [0.1, 0.15) is 33.4 Å². The molecule has 0 saturated heterocycles. The summed E-state index contributed by atoms with van der Waals surface area (Å²) in [7, 11) is 3.95. The number of rotatable bonds is 5. The van der Waals surface area contributed by atoms with Crippen LogP contribution < -0.4 is 5.32 Å². The molecule has 5 heteroatoms. The van der Waals surface area contributed by atoms with Crippen LogP contribution in [0, 0.1) is 13.8 Å². The van der Waals surface area contributed by atoms with Crippen molar-refractivity contribution in [1.29, 1.82) is 0 Å². The van der Waals surface area contributed by atoms with E-state index in [1.165, 1.54) is 0 Å². The van der Waals surface area contributed by atoms with Gasteiger partial charge in [0.2, 0.25) is 0 Å². The minimum absolute atomic E-state index is 0.00270. The van der Waals surface area contributed by atoms with Crippen LogP contribution in [-0.2, 0) is 0 Å². The lowest BCUT2D eigenvalue weighted by atomic mass is 10.1. The van der Waals surface area contributed by atoms with Gasteiger partial charge in [0.1, 0.15) is 5.58 Å². The van der Waals surface area contributed by atoms with E-state index in [0.717, 1.165) is 27.8 Å². The molecule has 3 rings (SSSR count). The first-order valence-corrected chi connectivity index (χ1v) is 8.32. The number of pyridine rings is 1. The highest BCUT2D eigenvalue weighted by atomic mass is 16.3. The number of aryl methyl sites for hydroxylation is 2. The number of nitrogens with one attached hydrogen (secondary N) is 1. The lowest BCUT2D eigenvalue weighted by Crippen LogP contribution is -2.35. The van der Waals surface area contributed by atoms with Crippen LogP contribution in [0.2, 0.25) is 0 Å². The molecule has 1 N–H and O–H groups in total. The minimum atomic E-state index is -0.200. The van der Waals surface area contributed by atoms with Crippen LogP contribution in [0.3, 0.4) is 0 Å². The van der Waals surface area contributed by atoms with Crippen LogP contribution in [0.4, 0.5) is 0 Å². The topological polar surface area (TPSA) is 58.4 Å². The minimum Gasteiger partial charge on any atom is -0.451 e. The Kier molecular flexibility index (Phi) is 4.86. The normalized spacial score (nSPS) is 12.5. The molecule has 2 heterocycles. The number of furan rings is 1. The van der Waals surface area contributed by atoms with Crippen molar-refractivity contribution in [1.82, 2.24) is 15.2 Å². The zero-order chi connectivity index (χ0) is 18.0. The SMILES string of the molecule is Cc1ccc2c(C)c(C(=O)NC[C@@H](c3ccccn3)N(C)C)oc2c1. The average Bonchev–Trinajstić information content (AvgIpc) is 2.91. The molecule has 25 heavy (non-hydrogen) atoms. The van der Waals surface area contributed by atoms with Crippen molar-refractivity contribution in [3.05, 3.63) is 65.2 Å². The summed E-state index contributed by atoms with van der Waals surface area (Å²) in [6, 6.07) is 11.8. The van der Waals surface area contributed by atoms with Gasteiger partial charge in [0, 0.05) is 23.7 Å². The van der Waals surface area contributed by atoms with E-state index in [1.54, 1.807) is 6.20 Å². The van der Waals surface area contributed by atoms with Gasteiger partial charge in [0.05, 0.1) is 11.7 Å². The molecule has 0 aliphatic heterocycles. The fourth-order valence-corrected chi connectivity index (χ4v) is 2.94. The molecule has 0 spiro atoms. The van der Waals surface area contributed by atoms with Crippen LogP contribution >= 0.6 is 0 Å². The summed E-state index contributed by atoms with van der Waals surface area (Å²) in [5, 5.41) is 3.96. The van der Waals surface area contributed by atoms with Gasteiger partial charge in [-0.05, 0) is 51.7 Å². The van der Waals surface area contributed by atoms with Gasteiger partial charge in [-0.3, -0.25) is 14.7 Å². The van der Waals surface area contributed by atoms with E-state index in [9.17, 15) is 4.79 Å². The van der Waals surface area contributed by atoms with Crippen LogP contribution in [-0.4, -0.2) is 36.4 Å². The number of hydrogen-bond acceptors (Lipinski definition) is 4. The van der Waals surface area contributed by atoms with Gasteiger partial charge in [-0.2, -0.15) is 0 Å². The zero-order valence-corrected chi connectivity index (χ0v) is 15.0. The highest BCUT2D eigenvalue weighted by Gasteiger charge is 2.21. The molecular weight excluding hydrogens is 314 g/mol. The van der Waals surface area contributed by atoms with Gasteiger partial charge in [0.15, 0.2) is 5.76 Å². The molecule has 130 valence electrons. The first-order valence-electron chi connectivity index (χ1n) is 8.32. The van der Waals surface area contributed by atoms with Crippen molar-refractivity contribution in [2.24, 2.45) is 0 Å². The highest BCUT2D eigenvalue weighted by Crippen LogP contribution is 2.26. The number of likely N-dealkylation sites (N-methyl/N-ethyl adjacent to an activating group) is 1. The molecule has 3 aromatic rings. The van der Waals surface area contributed by atoms with E-state index in [1.807, 2.05) is 69.2 Å². The van der Waals surface area contributed by atoms with E-state index in [-0.39, 0.29) is 11.9 Å². The van der Waals surface area contributed by atoms with E-state index < -0.39 is 0 Å². The molecular formula is C20H23N3O2. The number of nitrogens with zero attached hydrogens (tertiary/aromatic N) is 2. The van der Waals surface area contributed by atoms with Gasteiger partial charge in [-0.15, -0.1) is 0 Å². The Hall–Kier alpha value is -2.66. The van der Waals surface area contributed by atoms with Crippen molar-refractivity contribution >= 4 is 16.9 Å². The molecule has 1 amide bonds. The second-order valence-corrected chi connectivity index (χ2v) is 6.50. The van der Waals surface area contributed by atoms with E-state index >= 15 is 0 Å². The molecule has 0 fully saturated rings. The summed E-state index contributed by atoms with van der Waals surface area (Å²) < 4.78 is 5.80. The maximum absolute atomic E-state index is 12.6. The van der Waals surface area contributed by atoms with E-state index in [4.69, 9.17) is 4.42 Å². The number of aromatic nitrogens is 1. The molecule has 0 aliphatic rings. The van der Waals surface area contributed by atoms with Gasteiger partial charge >= 0.3 is 0 Å². The predicted octanol–water partition coefficient (Wildman–Crippen LogP) is 3.48. The molecule has 0 saturated carbocycles. The summed E-state index contributed by atoms with van der Waals surface area (Å²) in [5.41, 5.74) is 3.64. The van der Waals surface area contributed by atoms with Crippen molar-refractivity contribution in [3.63, 3.8) is 0 Å². The molecule has 0 radical (unpaired) electrons. The summed E-state index contributed by atoms with van der Waals surface area (Å²) >= 11 is 0. The average molecular weight is 337 g/mol. The summed E-state index contributed by atoms with van der Waals surface area (Å²) in [5.74, 6) is 0.174. The van der Waals surface area contributed by atoms with E-state index in [2.05, 4.69) is 10.3 Å². The molecule has 0 aliphatic carbocycles. The van der Waals surface area contributed by atoms with Crippen molar-refractivity contribution in [2.45, 2.75) is 19.9 Å². The van der Waals surface area contributed by atoms with Gasteiger partial charge in [-0.1, -0.05) is 18.2 Å². The number of amides is 1. The molecule has 5 nitrogen and oxygen atoms in total. The Morgan fingerprint density at radius 2 is 2.04 bits per heavy atom. The molecule has 0 unspecified atom stereocenters. The molecule has 1 aromatic carbocycles. The smallest absolute Gasteiger partial charge is 0.287 e. The van der Waals surface area contributed by atoms with Crippen LogP contribution in [0.5, 0.6) is 0 Å². The Morgan fingerprint density at radius 3 is 2.72 bits per heavy atom. The lowest BCUT2D eigenvalue weighted by molar-refractivity contribution is 0.0915. The maximum atomic E-state index is 12.6. The van der Waals surface area contributed by atoms with Crippen molar-refractivity contribution < 1.29 is 9.21 Å². The van der Waals surface area contributed by atoms with Crippen LogP contribution in [0.25, 0.3) is 11.0 Å². The summed E-state index contributed by atoms with van der Waals surface area (Å²) in [6.45, 7) is 4.38. The van der Waals surface area contributed by atoms with Crippen LogP contribution in [0.15, 0.2) is 47.0 Å². The first-order chi connectivity index (χ1) is 12.0. The Morgan fingerprint density at radius 1 is 1.24 bits per heavy atom. The summed E-state index contributed by atoms with van der Waals surface area (Å²) in [4.78, 5) is 19.1. The second-order valence-electron chi connectivity index (χ2n) is 6.50. The Bertz CT molecular complexity index is 885. The predicted molar refractivity (Wildman–Crippen MR) is 98.7 cm³/mol.